The Morgan fingerprint density at radius 1 is 1.40 bits per heavy atom. The first-order valence-corrected chi connectivity index (χ1v) is 5.95. The molecular formula is C13H16N2O5. The van der Waals surface area contributed by atoms with Crippen molar-refractivity contribution in [2.45, 2.75) is 19.4 Å². The molecule has 4 N–H and O–H groups in total. The van der Waals surface area contributed by atoms with Crippen molar-refractivity contribution in [3.63, 3.8) is 0 Å². The van der Waals surface area contributed by atoms with Gasteiger partial charge in [0.05, 0.1) is 13.0 Å². The Morgan fingerprint density at radius 3 is 2.70 bits per heavy atom. The van der Waals surface area contributed by atoms with Crippen LogP contribution >= 0.6 is 0 Å². The van der Waals surface area contributed by atoms with E-state index in [4.69, 9.17) is 15.6 Å². The quantitative estimate of drug-likeness (QED) is 0.656. The Balaban J connectivity index is 2.41. The minimum atomic E-state index is -1.10. The summed E-state index contributed by atoms with van der Waals surface area (Å²) in [5, 5.41) is 10.9. The third-order valence-electron chi connectivity index (χ3n) is 2.46. The van der Waals surface area contributed by atoms with Crippen LogP contribution in [0.2, 0.25) is 0 Å². The summed E-state index contributed by atoms with van der Waals surface area (Å²) in [4.78, 5) is 32.9. The van der Waals surface area contributed by atoms with Crippen LogP contribution in [-0.2, 0) is 9.59 Å². The van der Waals surface area contributed by atoms with E-state index in [2.05, 4.69) is 5.32 Å². The second kappa shape index (κ2) is 7.13. The molecule has 7 nitrogen and oxygen atoms in total. The van der Waals surface area contributed by atoms with Gasteiger partial charge in [-0.3, -0.25) is 14.4 Å². The maximum Gasteiger partial charge on any atom is 0.325 e. The Labute approximate surface area is 115 Å². The number of benzene rings is 1. The van der Waals surface area contributed by atoms with E-state index in [1.807, 2.05) is 0 Å². The number of primary amides is 1. The molecule has 1 aromatic carbocycles. The van der Waals surface area contributed by atoms with Gasteiger partial charge in [-0.2, -0.15) is 0 Å². The average Bonchev–Trinajstić information content (AvgIpc) is 2.38. The van der Waals surface area contributed by atoms with Gasteiger partial charge in [-0.05, 0) is 25.1 Å². The third-order valence-corrected chi connectivity index (χ3v) is 2.46. The Kier molecular flexibility index (Phi) is 5.52. The number of ether oxygens (including phenoxy) is 1. The number of rotatable bonds is 7. The monoisotopic (exact) mass is 280 g/mol. The van der Waals surface area contributed by atoms with Crippen molar-refractivity contribution >= 4 is 17.8 Å². The standard InChI is InChI=1S/C13H16N2O5/c1-8(13(18)19)15-11(16)5-6-20-10-4-2-3-9(7-10)12(14)17/h2-4,7-8H,5-6H2,1H3,(H2,14,17)(H,15,16)(H,18,19)/t8-/m0/s1. The van der Waals surface area contributed by atoms with E-state index in [1.165, 1.54) is 13.0 Å². The fourth-order valence-corrected chi connectivity index (χ4v) is 1.38. The van der Waals surface area contributed by atoms with E-state index in [1.54, 1.807) is 18.2 Å². The summed E-state index contributed by atoms with van der Waals surface area (Å²) in [5.41, 5.74) is 5.44. The number of nitrogens with one attached hydrogen (secondary N) is 1. The lowest BCUT2D eigenvalue weighted by Gasteiger charge is -2.10. The van der Waals surface area contributed by atoms with Gasteiger partial charge in [-0.25, -0.2) is 0 Å². The number of carbonyl (C=O) groups is 3. The Morgan fingerprint density at radius 2 is 2.10 bits per heavy atom. The summed E-state index contributed by atoms with van der Waals surface area (Å²) >= 11 is 0. The molecule has 0 heterocycles. The van der Waals surface area contributed by atoms with E-state index in [0.29, 0.717) is 11.3 Å². The fourth-order valence-electron chi connectivity index (χ4n) is 1.38. The van der Waals surface area contributed by atoms with Gasteiger partial charge in [0.2, 0.25) is 11.8 Å². The Bertz CT molecular complexity index is 515. The van der Waals surface area contributed by atoms with Crippen molar-refractivity contribution in [3.8, 4) is 5.75 Å². The third kappa shape index (κ3) is 4.97. The summed E-state index contributed by atoms with van der Waals surface area (Å²) < 4.78 is 5.29. The highest BCUT2D eigenvalue weighted by Crippen LogP contribution is 2.13. The van der Waals surface area contributed by atoms with Crippen LogP contribution < -0.4 is 15.8 Å². The van der Waals surface area contributed by atoms with Gasteiger partial charge in [0.15, 0.2) is 0 Å². The highest BCUT2D eigenvalue weighted by atomic mass is 16.5. The molecule has 0 aromatic heterocycles. The SMILES string of the molecule is C[C@H](NC(=O)CCOc1cccc(C(N)=O)c1)C(=O)O. The molecule has 1 rings (SSSR count). The molecule has 0 aliphatic heterocycles. The second-order valence-corrected chi connectivity index (χ2v) is 4.12. The molecule has 2 amide bonds. The molecule has 0 radical (unpaired) electrons. The van der Waals surface area contributed by atoms with Crippen LogP contribution in [-0.4, -0.2) is 35.5 Å². The first kappa shape index (κ1) is 15.5. The number of amides is 2. The maximum absolute atomic E-state index is 11.4. The van der Waals surface area contributed by atoms with Crippen LogP contribution in [0.4, 0.5) is 0 Å². The van der Waals surface area contributed by atoms with Crippen molar-refractivity contribution in [1.29, 1.82) is 0 Å². The normalized spacial score (nSPS) is 11.4. The zero-order valence-corrected chi connectivity index (χ0v) is 11.0. The van der Waals surface area contributed by atoms with Crippen LogP contribution in [0.25, 0.3) is 0 Å². The number of carbonyl (C=O) groups excluding carboxylic acids is 2. The zero-order valence-electron chi connectivity index (χ0n) is 11.0. The number of carboxylic acids is 1. The van der Waals surface area contributed by atoms with Crippen molar-refractivity contribution in [3.05, 3.63) is 29.8 Å². The van der Waals surface area contributed by atoms with Crippen LogP contribution in [0.5, 0.6) is 5.75 Å². The van der Waals surface area contributed by atoms with Crippen molar-refractivity contribution in [2.75, 3.05) is 6.61 Å². The topological polar surface area (TPSA) is 119 Å². The largest absolute Gasteiger partial charge is 0.493 e. The van der Waals surface area contributed by atoms with E-state index in [0.717, 1.165) is 0 Å². The highest BCUT2D eigenvalue weighted by molar-refractivity contribution is 5.93. The summed E-state index contributed by atoms with van der Waals surface area (Å²) in [5.74, 6) is -1.68. The summed E-state index contributed by atoms with van der Waals surface area (Å²) in [6, 6.07) is 5.32. The molecule has 0 fully saturated rings. The van der Waals surface area contributed by atoms with E-state index >= 15 is 0 Å². The molecular weight excluding hydrogens is 264 g/mol. The van der Waals surface area contributed by atoms with Crippen LogP contribution in [0.15, 0.2) is 24.3 Å². The smallest absolute Gasteiger partial charge is 0.325 e. The molecule has 0 bridgehead atoms. The van der Waals surface area contributed by atoms with E-state index in [9.17, 15) is 14.4 Å². The number of hydrogen-bond donors (Lipinski definition) is 3. The number of carboxylic acid groups (broad SMARTS) is 1. The van der Waals surface area contributed by atoms with Gasteiger partial charge in [0.25, 0.3) is 0 Å². The van der Waals surface area contributed by atoms with E-state index < -0.39 is 23.8 Å². The lowest BCUT2D eigenvalue weighted by Crippen LogP contribution is -2.38. The fraction of sp³-hybridized carbons (Fsp3) is 0.308. The average molecular weight is 280 g/mol. The zero-order chi connectivity index (χ0) is 15.1. The van der Waals surface area contributed by atoms with Gasteiger partial charge >= 0.3 is 5.97 Å². The van der Waals surface area contributed by atoms with Crippen LogP contribution in [0, 0.1) is 0 Å². The van der Waals surface area contributed by atoms with E-state index in [-0.39, 0.29) is 13.0 Å². The lowest BCUT2D eigenvalue weighted by atomic mass is 10.2. The summed E-state index contributed by atoms with van der Waals surface area (Å²) in [6.07, 6.45) is 0.0123. The molecule has 1 aromatic rings. The molecule has 7 heteroatoms. The first-order valence-electron chi connectivity index (χ1n) is 5.95. The van der Waals surface area contributed by atoms with Crippen molar-refractivity contribution in [1.82, 2.24) is 5.32 Å². The van der Waals surface area contributed by atoms with Crippen molar-refractivity contribution in [2.24, 2.45) is 5.73 Å². The number of hydrogen-bond acceptors (Lipinski definition) is 4. The molecule has 0 aliphatic rings. The number of aliphatic carboxylic acids is 1. The molecule has 20 heavy (non-hydrogen) atoms. The molecule has 108 valence electrons. The molecule has 0 spiro atoms. The van der Waals surface area contributed by atoms with Gasteiger partial charge < -0.3 is 20.9 Å². The maximum atomic E-state index is 11.4. The minimum Gasteiger partial charge on any atom is -0.493 e. The second-order valence-electron chi connectivity index (χ2n) is 4.12. The summed E-state index contributed by atoms with van der Waals surface area (Å²) in [6.45, 7) is 1.44. The van der Waals surface area contributed by atoms with Gasteiger partial charge in [-0.1, -0.05) is 6.07 Å². The van der Waals surface area contributed by atoms with Crippen LogP contribution in [0.3, 0.4) is 0 Å². The predicted molar refractivity (Wildman–Crippen MR) is 70.3 cm³/mol. The first-order chi connectivity index (χ1) is 9.40. The molecule has 0 unspecified atom stereocenters. The minimum absolute atomic E-state index is 0.0123. The highest BCUT2D eigenvalue weighted by Gasteiger charge is 2.13. The van der Waals surface area contributed by atoms with Crippen LogP contribution in [0.1, 0.15) is 23.7 Å². The molecule has 0 saturated heterocycles. The summed E-state index contributed by atoms with van der Waals surface area (Å²) in [7, 11) is 0. The van der Waals surface area contributed by atoms with Gasteiger partial charge in [-0.15, -0.1) is 0 Å². The Hall–Kier alpha value is -2.57. The molecule has 0 saturated carbocycles. The molecule has 0 aliphatic carbocycles. The van der Waals surface area contributed by atoms with Gasteiger partial charge in [0.1, 0.15) is 11.8 Å². The predicted octanol–water partition coefficient (Wildman–Crippen LogP) is 0.144. The van der Waals surface area contributed by atoms with Gasteiger partial charge in [0, 0.05) is 5.56 Å². The number of nitrogens with two attached hydrogens (primary N) is 1. The van der Waals surface area contributed by atoms with Crippen molar-refractivity contribution < 1.29 is 24.2 Å². The molecule has 1 atom stereocenters. The lowest BCUT2D eigenvalue weighted by molar-refractivity contribution is -0.141.